The molecular formula is C30H46O4S2. The van der Waals surface area contributed by atoms with Crippen LogP contribution in [-0.4, -0.2) is 43.0 Å². The zero-order valence-electron chi connectivity index (χ0n) is 22.4. The Morgan fingerprint density at radius 2 is 1.81 bits per heavy atom. The van der Waals surface area contributed by atoms with Gasteiger partial charge in [0.1, 0.15) is 5.75 Å². The molecule has 6 heteroatoms. The molecule has 0 saturated heterocycles. The molecule has 1 aromatic carbocycles. The second-order valence-corrected chi connectivity index (χ2v) is 15.0. The monoisotopic (exact) mass is 534 g/mol. The van der Waals surface area contributed by atoms with Crippen LogP contribution in [0, 0.1) is 23.2 Å². The zero-order valence-corrected chi connectivity index (χ0v) is 24.0. The first-order valence-electron chi connectivity index (χ1n) is 14.3. The fourth-order valence-corrected chi connectivity index (χ4v) is 10.8. The molecule has 0 bridgehead atoms. The molecule has 0 amide bonds. The van der Waals surface area contributed by atoms with Crippen LogP contribution in [0.1, 0.15) is 102 Å². The molecule has 6 atom stereocenters. The van der Waals surface area contributed by atoms with E-state index in [9.17, 15) is 20.1 Å². The van der Waals surface area contributed by atoms with Gasteiger partial charge in [-0.3, -0.25) is 0 Å². The molecule has 0 spiro atoms. The summed E-state index contributed by atoms with van der Waals surface area (Å²) in [6.45, 7) is 6.44. The second kappa shape index (κ2) is 11.9. The molecule has 202 valence electrons. The number of phenols is 1. The summed E-state index contributed by atoms with van der Waals surface area (Å²) in [5, 5.41) is 30.9. The molecule has 4 nitrogen and oxygen atoms in total. The Labute approximate surface area is 226 Å². The maximum Gasteiger partial charge on any atom is 0.330 e. The minimum atomic E-state index is -0.693. The summed E-state index contributed by atoms with van der Waals surface area (Å²) in [6.07, 6.45) is 11.5. The number of aliphatic carboxylic acids is 1. The number of carbonyl (C=O) groups is 1. The van der Waals surface area contributed by atoms with Gasteiger partial charge in [0.05, 0.1) is 6.10 Å². The van der Waals surface area contributed by atoms with Crippen molar-refractivity contribution in [2.24, 2.45) is 23.2 Å². The topological polar surface area (TPSA) is 77.8 Å². The predicted molar refractivity (Wildman–Crippen MR) is 152 cm³/mol. The smallest absolute Gasteiger partial charge is 0.330 e. The van der Waals surface area contributed by atoms with E-state index in [1.54, 1.807) is 23.5 Å². The third-order valence-corrected chi connectivity index (χ3v) is 12.7. The van der Waals surface area contributed by atoms with Crippen LogP contribution >= 0.6 is 23.5 Å². The van der Waals surface area contributed by atoms with E-state index in [1.807, 2.05) is 26.0 Å². The number of thioether (sulfide) groups is 2. The SMILES string of the molecule is CCSC(CCCCCCC1Cc2cc(O)ccc2C2CC[C@@]3(C)C(CC[C@@H]3O)C12)(SCC)C(=O)O. The number of aromatic hydroxyl groups is 1. The lowest BCUT2D eigenvalue weighted by atomic mass is 9.52. The van der Waals surface area contributed by atoms with E-state index in [1.165, 1.54) is 24.0 Å². The quantitative estimate of drug-likeness (QED) is 0.191. The lowest BCUT2D eigenvalue weighted by Gasteiger charge is -2.53. The van der Waals surface area contributed by atoms with Crippen LogP contribution in [0.15, 0.2) is 18.2 Å². The molecule has 0 radical (unpaired) electrons. The molecule has 3 aliphatic rings. The van der Waals surface area contributed by atoms with Crippen molar-refractivity contribution in [3.63, 3.8) is 0 Å². The molecule has 3 N–H and O–H groups in total. The van der Waals surface area contributed by atoms with Gasteiger partial charge in [0.25, 0.3) is 0 Å². The van der Waals surface area contributed by atoms with Gasteiger partial charge < -0.3 is 15.3 Å². The predicted octanol–water partition coefficient (Wildman–Crippen LogP) is 7.46. The number of rotatable bonds is 12. The van der Waals surface area contributed by atoms with Gasteiger partial charge in [0.15, 0.2) is 4.08 Å². The minimum Gasteiger partial charge on any atom is -0.508 e. The van der Waals surface area contributed by atoms with Crippen molar-refractivity contribution in [2.75, 3.05) is 11.5 Å². The van der Waals surface area contributed by atoms with Crippen molar-refractivity contribution < 1.29 is 20.1 Å². The summed E-state index contributed by atoms with van der Waals surface area (Å²) in [5.74, 6) is 3.73. The number of carboxylic acids is 1. The van der Waals surface area contributed by atoms with Crippen molar-refractivity contribution in [1.82, 2.24) is 0 Å². The van der Waals surface area contributed by atoms with E-state index in [0.717, 1.165) is 69.3 Å². The van der Waals surface area contributed by atoms with Gasteiger partial charge in [-0.05, 0) is 109 Å². The highest BCUT2D eigenvalue weighted by molar-refractivity contribution is 8.19. The number of unbranched alkanes of at least 4 members (excludes halogenated alkanes) is 3. The largest absolute Gasteiger partial charge is 0.508 e. The van der Waals surface area contributed by atoms with Gasteiger partial charge in [-0.2, -0.15) is 0 Å². The summed E-state index contributed by atoms with van der Waals surface area (Å²) in [6, 6.07) is 6.03. The Bertz CT molecular complexity index is 899. The highest BCUT2D eigenvalue weighted by Crippen LogP contribution is 2.62. The summed E-state index contributed by atoms with van der Waals surface area (Å²) in [7, 11) is 0. The fourth-order valence-electron chi connectivity index (χ4n) is 8.03. The van der Waals surface area contributed by atoms with Gasteiger partial charge in [-0.1, -0.05) is 52.5 Å². The number of phenolic OH excluding ortho intramolecular Hbond substituents is 1. The lowest BCUT2D eigenvalue weighted by Crippen LogP contribution is -2.47. The number of aliphatic hydroxyl groups excluding tert-OH is 1. The average molecular weight is 535 g/mol. The molecule has 1 aromatic rings. The van der Waals surface area contributed by atoms with Crippen molar-refractivity contribution >= 4 is 29.5 Å². The fraction of sp³-hybridized carbons (Fsp3) is 0.767. The van der Waals surface area contributed by atoms with Crippen LogP contribution < -0.4 is 0 Å². The van der Waals surface area contributed by atoms with Gasteiger partial charge >= 0.3 is 5.97 Å². The molecule has 0 aliphatic heterocycles. The van der Waals surface area contributed by atoms with Crippen LogP contribution in [0.25, 0.3) is 0 Å². The first kappa shape index (κ1) is 28.2. The summed E-state index contributed by atoms with van der Waals surface area (Å²) >= 11 is 3.16. The van der Waals surface area contributed by atoms with Crippen LogP contribution in [0.3, 0.4) is 0 Å². The normalized spacial score (nSPS) is 31.5. The van der Waals surface area contributed by atoms with Gasteiger partial charge in [-0.25, -0.2) is 4.79 Å². The molecule has 2 saturated carbocycles. The van der Waals surface area contributed by atoms with E-state index in [-0.39, 0.29) is 11.5 Å². The zero-order chi connectivity index (χ0) is 25.9. The molecule has 0 heterocycles. The Morgan fingerprint density at radius 1 is 1.08 bits per heavy atom. The van der Waals surface area contributed by atoms with Gasteiger partial charge in [0, 0.05) is 0 Å². The minimum absolute atomic E-state index is 0.0574. The first-order chi connectivity index (χ1) is 17.3. The highest BCUT2D eigenvalue weighted by atomic mass is 32.2. The molecule has 3 aliphatic carbocycles. The molecule has 2 fully saturated rings. The van der Waals surface area contributed by atoms with E-state index in [0.29, 0.717) is 29.4 Å². The lowest BCUT2D eigenvalue weighted by molar-refractivity contribution is -0.137. The highest BCUT2D eigenvalue weighted by Gasteiger charge is 2.56. The van der Waals surface area contributed by atoms with Crippen LogP contribution in [0.5, 0.6) is 5.75 Å². The third-order valence-electron chi connectivity index (χ3n) is 9.75. The van der Waals surface area contributed by atoms with E-state index in [4.69, 9.17) is 0 Å². The summed E-state index contributed by atoms with van der Waals surface area (Å²) in [5.41, 5.74) is 2.84. The summed E-state index contributed by atoms with van der Waals surface area (Å²) in [4.78, 5) is 12.0. The van der Waals surface area contributed by atoms with Crippen molar-refractivity contribution in [2.45, 2.75) is 108 Å². The third kappa shape index (κ3) is 5.47. The van der Waals surface area contributed by atoms with Crippen molar-refractivity contribution in [1.29, 1.82) is 0 Å². The van der Waals surface area contributed by atoms with E-state index in [2.05, 4.69) is 13.0 Å². The number of fused-ring (bicyclic) bond motifs is 5. The van der Waals surface area contributed by atoms with E-state index >= 15 is 0 Å². The maximum atomic E-state index is 12.0. The first-order valence-corrected chi connectivity index (χ1v) is 16.2. The van der Waals surface area contributed by atoms with Crippen molar-refractivity contribution in [3.05, 3.63) is 29.3 Å². The number of hydrogen-bond donors (Lipinski definition) is 3. The summed E-state index contributed by atoms with van der Waals surface area (Å²) < 4.78 is -0.693. The van der Waals surface area contributed by atoms with Crippen LogP contribution in [0.4, 0.5) is 0 Å². The Kier molecular flexibility index (Phi) is 9.31. The van der Waals surface area contributed by atoms with Gasteiger partial charge in [0.2, 0.25) is 0 Å². The number of carboxylic acid groups (broad SMARTS) is 1. The second-order valence-electron chi connectivity index (χ2n) is 11.7. The molecular weight excluding hydrogens is 488 g/mol. The Morgan fingerprint density at radius 3 is 2.50 bits per heavy atom. The molecule has 36 heavy (non-hydrogen) atoms. The molecule has 4 unspecified atom stereocenters. The van der Waals surface area contributed by atoms with E-state index < -0.39 is 10.0 Å². The van der Waals surface area contributed by atoms with Crippen LogP contribution in [0.2, 0.25) is 0 Å². The molecule has 0 aromatic heterocycles. The number of benzene rings is 1. The maximum absolute atomic E-state index is 12.0. The average Bonchev–Trinajstić information content (AvgIpc) is 3.15. The van der Waals surface area contributed by atoms with Crippen molar-refractivity contribution in [3.8, 4) is 5.75 Å². The Balaban J connectivity index is 1.39. The molecule has 4 rings (SSSR count). The number of hydrogen-bond acceptors (Lipinski definition) is 5. The standard InChI is InChI=1S/C30H46O4S2/c1-4-35-30(28(33)34,36-5-2)16-9-7-6-8-10-20-18-21-19-22(31)11-12-23(21)24-15-17-29(3)25(27(20)24)13-14-26(29)32/h11-12,19-20,24-27,31-32H,4-10,13-18H2,1-3H3,(H,33,34)/t20?,24?,25?,26-,27?,29-/m0/s1. The van der Waals surface area contributed by atoms with Crippen LogP contribution in [-0.2, 0) is 11.2 Å². The van der Waals surface area contributed by atoms with Gasteiger partial charge in [-0.15, -0.1) is 23.5 Å². The number of aliphatic hydroxyl groups is 1. The Hall–Kier alpha value is -0.850.